The molecule has 0 fully saturated rings. The number of aromatic nitrogens is 3. The third-order valence-electron chi connectivity index (χ3n) is 3.86. The summed E-state index contributed by atoms with van der Waals surface area (Å²) in [4.78, 5) is 27.9. The van der Waals surface area contributed by atoms with Crippen LogP contribution in [0.5, 0.6) is 0 Å². The zero-order valence-electron chi connectivity index (χ0n) is 15.5. The number of anilines is 1. The zero-order chi connectivity index (χ0) is 19.8. The van der Waals surface area contributed by atoms with Gasteiger partial charge in [-0.15, -0.1) is 0 Å². The molecule has 8 nitrogen and oxygen atoms in total. The predicted octanol–water partition coefficient (Wildman–Crippen LogP) is 2.81. The molecule has 1 aromatic carbocycles. The highest BCUT2D eigenvalue weighted by Crippen LogP contribution is 2.13. The van der Waals surface area contributed by atoms with Gasteiger partial charge in [-0.25, -0.2) is 14.3 Å². The van der Waals surface area contributed by atoms with Crippen molar-refractivity contribution >= 4 is 17.7 Å². The molecule has 2 aromatic heterocycles. The molecule has 0 aliphatic heterocycles. The van der Waals surface area contributed by atoms with Crippen LogP contribution in [0.25, 0.3) is 5.69 Å². The Morgan fingerprint density at radius 3 is 2.64 bits per heavy atom. The normalized spacial score (nSPS) is 10.3. The molecule has 2 heterocycles. The number of urea groups is 1. The minimum atomic E-state index is -0.457. The van der Waals surface area contributed by atoms with Crippen LogP contribution in [-0.2, 0) is 11.2 Å². The van der Waals surface area contributed by atoms with Crippen LogP contribution in [0.2, 0.25) is 0 Å². The predicted molar refractivity (Wildman–Crippen MR) is 104 cm³/mol. The first-order chi connectivity index (χ1) is 13.7. The molecular weight excluding hydrogens is 358 g/mol. The first kappa shape index (κ1) is 19.1. The summed E-state index contributed by atoms with van der Waals surface area (Å²) in [5.74, 6) is -0.457. The van der Waals surface area contributed by atoms with E-state index in [0.29, 0.717) is 25.3 Å². The fourth-order valence-electron chi connectivity index (χ4n) is 2.50. The summed E-state index contributed by atoms with van der Waals surface area (Å²) in [6, 6.07) is 14.1. The number of pyridine rings is 1. The number of benzene rings is 1. The number of nitrogens with zero attached hydrogens (tertiary/aromatic N) is 3. The van der Waals surface area contributed by atoms with E-state index in [1.165, 1.54) is 0 Å². The average molecular weight is 379 g/mol. The van der Waals surface area contributed by atoms with Gasteiger partial charge >= 0.3 is 12.0 Å². The maximum absolute atomic E-state index is 12.0. The first-order valence-corrected chi connectivity index (χ1v) is 8.93. The van der Waals surface area contributed by atoms with Gasteiger partial charge in [0.1, 0.15) is 0 Å². The van der Waals surface area contributed by atoms with Crippen LogP contribution >= 0.6 is 0 Å². The highest BCUT2D eigenvalue weighted by molar-refractivity contribution is 5.89. The molecule has 2 amide bonds. The number of rotatable bonds is 7. The molecule has 2 N–H and O–H groups in total. The second-order valence-electron chi connectivity index (χ2n) is 5.86. The molecule has 28 heavy (non-hydrogen) atoms. The molecule has 0 atom stereocenters. The maximum Gasteiger partial charge on any atom is 0.358 e. The molecular formula is C20H21N5O3. The Balaban J connectivity index is 1.51. The van der Waals surface area contributed by atoms with E-state index in [9.17, 15) is 9.59 Å². The van der Waals surface area contributed by atoms with E-state index in [4.69, 9.17) is 4.74 Å². The van der Waals surface area contributed by atoms with Crippen molar-refractivity contribution < 1.29 is 14.3 Å². The lowest BCUT2D eigenvalue weighted by Crippen LogP contribution is -2.30. The first-order valence-electron chi connectivity index (χ1n) is 8.93. The Hall–Kier alpha value is -3.68. The molecule has 0 unspecified atom stereocenters. The van der Waals surface area contributed by atoms with Crippen LogP contribution in [0.1, 0.15) is 23.1 Å². The van der Waals surface area contributed by atoms with Gasteiger partial charge in [0.15, 0.2) is 5.69 Å². The number of ether oxygens (including phenoxy) is 1. The Morgan fingerprint density at radius 1 is 1.11 bits per heavy atom. The zero-order valence-corrected chi connectivity index (χ0v) is 15.5. The molecule has 0 aliphatic rings. The molecule has 0 saturated carbocycles. The van der Waals surface area contributed by atoms with Gasteiger partial charge in [-0.3, -0.25) is 4.98 Å². The van der Waals surface area contributed by atoms with E-state index in [1.807, 2.05) is 18.2 Å². The van der Waals surface area contributed by atoms with Crippen molar-refractivity contribution in [3.63, 3.8) is 0 Å². The lowest BCUT2D eigenvalue weighted by molar-refractivity contribution is 0.0519. The fraction of sp³-hybridized carbons (Fsp3) is 0.200. The van der Waals surface area contributed by atoms with Gasteiger partial charge in [-0.2, -0.15) is 5.10 Å². The van der Waals surface area contributed by atoms with Crippen molar-refractivity contribution in [3.8, 4) is 5.69 Å². The third-order valence-corrected chi connectivity index (χ3v) is 3.86. The fourth-order valence-corrected chi connectivity index (χ4v) is 2.50. The molecule has 3 aromatic rings. The molecule has 3 rings (SSSR count). The average Bonchev–Trinajstić information content (AvgIpc) is 3.20. The minimum Gasteiger partial charge on any atom is -0.461 e. The molecule has 144 valence electrons. The minimum absolute atomic E-state index is 0.247. The number of esters is 1. The van der Waals surface area contributed by atoms with Crippen molar-refractivity contribution in [3.05, 3.63) is 72.3 Å². The van der Waals surface area contributed by atoms with E-state index < -0.39 is 5.97 Å². The number of carbonyl (C=O) groups excluding carboxylic acids is 2. The largest absolute Gasteiger partial charge is 0.461 e. The summed E-state index contributed by atoms with van der Waals surface area (Å²) in [7, 11) is 0. The van der Waals surface area contributed by atoms with Crippen LogP contribution in [0.4, 0.5) is 10.5 Å². The smallest absolute Gasteiger partial charge is 0.358 e. The van der Waals surface area contributed by atoms with Crippen molar-refractivity contribution in [1.29, 1.82) is 0 Å². The number of nitrogens with one attached hydrogen (secondary N) is 2. The van der Waals surface area contributed by atoms with E-state index in [0.717, 1.165) is 11.4 Å². The summed E-state index contributed by atoms with van der Waals surface area (Å²) >= 11 is 0. The second kappa shape index (κ2) is 9.31. The summed E-state index contributed by atoms with van der Waals surface area (Å²) in [5, 5.41) is 9.76. The Morgan fingerprint density at radius 2 is 1.93 bits per heavy atom. The number of hydrogen-bond donors (Lipinski definition) is 2. The lowest BCUT2D eigenvalue weighted by atomic mass is 10.2. The van der Waals surface area contributed by atoms with Gasteiger partial charge in [-0.05, 0) is 49.4 Å². The van der Waals surface area contributed by atoms with Gasteiger partial charge in [0.05, 0.1) is 12.3 Å². The van der Waals surface area contributed by atoms with E-state index in [-0.39, 0.29) is 11.7 Å². The second-order valence-corrected chi connectivity index (χ2v) is 5.86. The Kier molecular flexibility index (Phi) is 6.35. The summed E-state index contributed by atoms with van der Waals surface area (Å²) in [6.45, 7) is 2.54. The van der Waals surface area contributed by atoms with Crippen molar-refractivity contribution in [2.24, 2.45) is 0 Å². The van der Waals surface area contributed by atoms with E-state index in [1.54, 1.807) is 54.3 Å². The van der Waals surface area contributed by atoms with Crippen molar-refractivity contribution in [2.75, 3.05) is 18.5 Å². The molecule has 0 spiro atoms. The van der Waals surface area contributed by atoms with E-state index in [2.05, 4.69) is 20.7 Å². The lowest BCUT2D eigenvalue weighted by Gasteiger charge is -2.08. The molecule has 0 saturated heterocycles. The number of hydrogen-bond acceptors (Lipinski definition) is 5. The summed E-state index contributed by atoms with van der Waals surface area (Å²) < 4.78 is 6.50. The quantitative estimate of drug-likeness (QED) is 0.615. The van der Waals surface area contributed by atoms with Gasteiger partial charge in [-0.1, -0.05) is 6.07 Å². The topological polar surface area (TPSA) is 98.1 Å². The monoisotopic (exact) mass is 379 g/mol. The molecule has 0 aliphatic carbocycles. The Bertz CT molecular complexity index is 923. The highest BCUT2D eigenvalue weighted by atomic mass is 16.5. The van der Waals surface area contributed by atoms with Crippen LogP contribution in [-0.4, -0.2) is 39.9 Å². The van der Waals surface area contributed by atoms with Crippen LogP contribution in [0.15, 0.2) is 60.9 Å². The van der Waals surface area contributed by atoms with Crippen LogP contribution in [0.3, 0.4) is 0 Å². The van der Waals surface area contributed by atoms with Gasteiger partial charge in [0.25, 0.3) is 0 Å². The summed E-state index contributed by atoms with van der Waals surface area (Å²) in [6.07, 6.45) is 4.07. The van der Waals surface area contributed by atoms with Crippen molar-refractivity contribution in [2.45, 2.75) is 13.3 Å². The Labute approximate surface area is 162 Å². The SMILES string of the molecule is CCOC(=O)c1ccn(-c2ccc(NC(=O)NCCc3ccccn3)cc2)n1. The van der Waals surface area contributed by atoms with Crippen LogP contribution < -0.4 is 10.6 Å². The van der Waals surface area contributed by atoms with Crippen LogP contribution in [0, 0.1) is 0 Å². The van der Waals surface area contributed by atoms with Gasteiger partial charge in [0, 0.05) is 36.7 Å². The number of carbonyl (C=O) groups is 2. The number of amides is 2. The maximum atomic E-state index is 12.0. The third kappa shape index (κ3) is 5.16. The standard InChI is InChI=1S/C20H21N5O3/c1-2-28-19(26)18-11-14-25(24-18)17-8-6-16(7-9-17)23-20(27)22-13-10-15-5-3-4-12-21-15/h3-9,11-12,14H,2,10,13H2,1H3,(H2,22,23,27). The molecule has 0 bridgehead atoms. The van der Waals surface area contributed by atoms with Crippen molar-refractivity contribution in [1.82, 2.24) is 20.1 Å². The molecule has 0 radical (unpaired) electrons. The van der Waals surface area contributed by atoms with Gasteiger partial charge in [0.2, 0.25) is 0 Å². The highest BCUT2D eigenvalue weighted by Gasteiger charge is 2.11. The molecule has 8 heteroatoms. The van der Waals surface area contributed by atoms with Gasteiger partial charge < -0.3 is 15.4 Å². The summed E-state index contributed by atoms with van der Waals surface area (Å²) in [5.41, 5.74) is 2.58. The van der Waals surface area contributed by atoms with E-state index >= 15 is 0 Å².